The molecule has 0 saturated heterocycles. The first-order valence-corrected chi connectivity index (χ1v) is 6.23. The lowest BCUT2D eigenvalue weighted by molar-refractivity contribution is -0.120. The Labute approximate surface area is 117 Å². The van der Waals surface area contributed by atoms with Gasteiger partial charge in [0, 0.05) is 4.90 Å². The molecule has 0 unspecified atom stereocenters. The molecule has 2 amide bonds. The molecule has 0 aromatic heterocycles. The van der Waals surface area contributed by atoms with Crippen LogP contribution in [0.3, 0.4) is 0 Å². The molecule has 1 aliphatic rings. The lowest BCUT2D eigenvalue weighted by Gasteiger charge is -2.14. The number of halogens is 2. The summed E-state index contributed by atoms with van der Waals surface area (Å²) >= 11 is 12.2. The van der Waals surface area contributed by atoms with Gasteiger partial charge in [-0.25, -0.2) is 4.90 Å². The number of imide groups is 1. The van der Waals surface area contributed by atoms with Crippen molar-refractivity contribution < 1.29 is 9.59 Å². The molecular formula is C11H4Cl2N2O2S. The lowest BCUT2D eigenvalue weighted by Crippen LogP contribution is -2.30. The van der Waals surface area contributed by atoms with Crippen LogP contribution in [-0.2, 0) is 9.59 Å². The Morgan fingerprint density at radius 3 is 2.00 bits per heavy atom. The summed E-state index contributed by atoms with van der Waals surface area (Å²) in [7, 11) is 0. The topological polar surface area (TPSA) is 61.2 Å². The van der Waals surface area contributed by atoms with Crippen LogP contribution in [0.1, 0.15) is 0 Å². The second-order valence-electron chi connectivity index (χ2n) is 3.26. The number of benzene rings is 1. The van der Waals surface area contributed by atoms with Crippen molar-refractivity contribution in [2.24, 2.45) is 0 Å². The van der Waals surface area contributed by atoms with E-state index < -0.39 is 11.8 Å². The van der Waals surface area contributed by atoms with Crippen molar-refractivity contribution in [1.29, 1.82) is 5.26 Å². The highest BCUT2D eigenvalue weighted by atomic mass is 35.5. The van der Waals surface area contributed by atoms with Crippen LogP contribution < -0.4 is 4.90 Å². The van der Waals surface area contributed by atoms with Crippen molar-refractivity contribution >= 4 is 52.5 Å². The zero-order valence-corrected chi connectivity index (χ0v) is 11.0. The number of nitriles is 1. The van der Waals surface area contributed by atoms with Gasteiger partial charge >= 0.3 is 0 Å². The first kappa shape index (κ1) is 13.0. The number of thioether (sulfide) groups is 1. The molecule has 90 valence electrons. The average molecular weight is 299 g/mol. The third kappa shape index (κ3) is 2.10. The number of hydrogen-bond donors (Lipinski definition) is 0. The SMILES string of the molecule is N#CSc1ccc(N2C(=O)C(Cl)=C(Cl)C2=O)cc1. The van der Waals surface area contributed by atoms with Crippen molar-refractivity contribution in [2.75, 3.05) is 4.90 Å². The van der Waals surface area contributed by atoms with Gasteiger partial charge in [0.15, 0.2) is 0 Å². The van der Waals surface area contributed by atoms with Crippen molar-refractivity contribution in [3.8, 4) is 5.40 Å². The minimum absolute atomic E-state index is 0.280. The molecule has 2 rings (SSSR count). The fourth-order valence-corrected chi connectivity index (χ4v) is 2.14. The van der Waals surface area contributed by atoms with Crippen LogP contribution in [0, 0.1) is 10.7 Å². The summed E-state index contributed by atoms with van der Waals surface area (Å²) in [6.45, 7) is 0. The maximum atomic E-state index is 11.7. The first-order valence-electron chi connectivity index (χ1n) is 4.66. The molecule has 0 aliphatic carbocycles. The number of rotatable bonds is 2. The molecule has 0 bridgehead atoms. The lowest BCUT2D eigenvalue weighted by atomic mass is 10.3. The van der Waals surface area contributed by atoms with E-state index in [1.165, 1.54) is 0 Å². The van der Waals surface area contributed by atoms with Gasteiger partial charge < -0.3 is 0 Å². The summed E-state index contributed by atoms with van der Waals surface area (Å²) in [5.74, 6) is -1.29. The molecule has 0 radical (unpaired) electrons. The second-order valence-corrected chi connectivity index (χ2v) is 4.87. The largest absolute Gasteiger partial charge is 0.278 e. The molecule has 1 aliphatic heterocycles. The highest BCUT2D eigenvalue weighted by Crippen LogP contribution is 2.31. The normalized spacial score (nSPS) is 15.3. The number of hydrogen-bond acceptors (Lipinski definition) is 4. The zero-order valence-electron chi connectivity index (χ0n) is 8.68. The number of amides is 2. The monoisotopic (exact) mass is 298 g/mol. The quantitative estimate of drug-likeness (QED) is 0.478. The molecule has 0 N–H and O–H groups in total. The smallest absolute Gasteiger partial charge is 0.267 e. The highest BCUT2D eigenvalue weighted by Gasteiger charge is 2.37. The second kappa shape index (κ2) is 5.02. The highest BCUT2D eigenvalue weighted by molar-refractivity contribution is 8.03. The zero-order chi connectivity index (χ0) is 13.3. The Bertz CT molecular complexity index is 580. The molecule has 1 heterocycles. The minimum Gasteiger partial charge on any atom is -0.267 e. The van der Waals surface area contributed by atoms with E-state index in [4.69, 9.17) is 28.5 Å². The van der Waals surface area contributed by atoms with Crippen LogP contribution in [-0.4, -0.2) is 11.8 Å². The summed E-state index contributed by atoms with van der Waals surface area (Å²) in [4.78, 5) is 25.0. The van der Waals surface area contributed by atoms with Gasteiger partial charge in [-0.15, -0.1) is 0 Å². The molecule has 0 fully saturated rings. The third-order valence-corrected chi connectivity index (χ3v) is 3.63. The Kier molecular flexibility index (Phi) is 3.62. The number of carbonyl (C=O) groups excluding carboxylic acids is 2. The van der Waals surface area contributed by atoms with Gasteiger partial charge in [0.2, 0.25) is 0 Å². The Morgan fingerprint density at radius 2 is 1.56 bits per heavy atom. The molecule has 0 saturated carbocycles. The fraction of sp³-hybridized carbons (Fsp3) is 0. The van der Waals surface area contributed by atoms with E-state index in [1.54, 1.807) is 24.3 Å². The van der Waals surface area contributed by atoms with E-state index in [1.807, 2.05) is 5.40 Å². The van der Waals surface area contributed by atoms with Crippen LogP contribution in [0.25, 0.3) is 0 Å². The van der Waals surface area contributed by atoms with E-state index >= 15 is 0 Å². The minimum atomic E-state index is -0.646. The van der Waals surface area contributed by atoms with Gasteiger partial charge in [-0.1, -0.05) is 23.2 Å². The fourth-order valence-electron chi connectivity index (χ4n) is 1.43. The number of carbonyl (C=O) groups is 2. The van der Waals surface area contributed by atoms with Crippen molar-refractivity contribution in [1.82, 2.24) is 0 Å². The van der Waals surface area contributed by atoms with Crippen LogP contribution in [0.2, 0.25) is 0 Å². The predicted molar refractivity (Wildman–Crippen MR) is 69.1 cm³/mol. The molecule has 1 aromatic carbocycles. The standard InChI is InChI=1S/C11H4Cl2N2O2S/c12-8-9(13)11(17)15(10(8)16)6-1-3-7(4-2-6)18-5-14/h1-4H. The van der Waals surface area contributed by atoms with Crippen LogP contribution >= 0.6 is 35.0 Å². The molecule has 0 atom stereocenters. The van der Waals surface area contributed by atoms with Crippen molar-refractivity contribution in [3.63, 3.8) is 0 Å². The molecule has 7 heteroatoms. The molecule has 4 nitrogen and oxygen atoms in total. The van der Waals surface area contributed by atoms with Gasteiger partial charge in [-0.05, 0) is 36.0 Å². The number of anilines is 1. The summed E-state index contributed by atoms with van der Waals surface area (Å²) in [6.07, 6.45) is 0. The van der Waals surface area contributed by atoms with E-state index in [2.05, 4.69) is 0 Å². The number of thiocyanates is 1. The van der Waals surface area contributed by atoms with Crippen molar-refractivity contribution in [2.45, 2.75) is 4.90 Å². The predicted octanol–water partition coefficient (Wildman–Crippen LogP) is 2.82. The summed E-state index contributed by atoms with van der Waals surface area (Å²) in [5.41, 5.74) is 0.362. The number of nitrogens with zero attached hydrogens (tertiary/aromatic N) is 2. The van der Waals surface area contributed by atoms with Crippen LogP contribution in [0.4, 0.5) is 5.69 Å². The van der Waals surface area contributed by atoms with Gasteiger partial charge in [-0.2, -0.15) is 5.26 Å². The van der Waals surface area contributed by atoms with E-state index in [0.29, 0.717) is 10.6 Å². The van der Waals surface area contributed by atoms with E-state index in [0.717, 1.165) is 16.7 Å². The maximum Gasteiger partial charge on any atom is 0.278 e. The Balaban J connectivity index is 2.32. The Hall–Kier alpha value is -1.48. The third-order valence-electron chi connectivity index (χ3n) is 2.23. The van der Waals surface area contributed by atoms with Crippen molar-refractivity contribution in [3.05, 3.63) is 34.3 Å². The summed E-state index contributed by atoms with van der Waals surface area (Å²) in [5, 5.41) is 9.87. The van der Waals surface area contributed by atoms with Gasteiger partial charge in [-0.3, -0.25) is 9.59 Å². The van der Waals surface area contributed by atoms with Gasteiger partial charge in [0.1, 0.15) is 15.5 Å². The van der Waals surface area contributed by atoms with Crippen LogP contribution in [0.15, 0.2) is 39.2 Å². The summed E-state index contributed by atoms with van der Waals surface area (Å²) in [6, 6.07) is 6.36. The molecular weight excluding hydrogens is 295 g/mol. The summed E-state index contributed by atoms with van der Waals surface area (Å²) < 4.78 is 0. The average Bonchev–Trinajstić information content (AvgIpc) is 2.56. The van der Waals surface area contributed by atoms with E-state index in [-0.39, 0.29) is 10.1 Å². The van der Waals surface area contributed by atoms with Crippen LogP contribution in [0.5, 0.6) is 0 Å². The first-order chi connectivity index (χ1) is 8.56. The molecule has 0 spiro atoms. The van der Waals surface area contributed by atoms with Gasteiger partial charge in [0.05, 0.1) is 5.69 Å². The molecule has 1 aromatic rings. The maximum absolute atomic E-state index is 11.7. The molecule has 18 heavy (non-hydrogen) atoms. The van der Waals surface area contributed by atoms with Gasteiger partial charge in [0.25, 0.3) is 11.8 Å². The Morgan fingerprint density at radius 1 is 1.06 bits per heavy atom. The van der Waals surface area contributed by atoms with E-state index in [9.17, 15) is 9.59 Å².